The molecule has 0 fully saturated rings. The molecule has 0 spiro atoms. The standard InChI is InChI=1S/C34H15F9N4OS2/c1-16-6-4-7-17(10-16)26-24(31(46-2)47-3)13-23-28(26)29(49-33(38,39)40)22-12-21(19(14-44)15-45)25(27(22)30(23)50-34(41,42)43)18-8-5-9-20(11-18)48-32(35,36)37/h4-11H,12-13H2,1H3. The Bertz CT molecular complexity index is 2290. The summed E-state index contributed by atoms with van der Waals surface area (Å²) in [5.74, 6) is -1.40. The van der Waals surface area contributed by atoms with Crippen LogP contribution in [0.4, 0.5) is 39.5 Å². The van der Waals surface area contributed by atoms with E-state index in [4.69, 9.17) is 13.1 Å². The maximum absolute atomic E-state index is 14.5. The van der Waals surface area contributed by atoms with Crippen molar-refractivity contribution in [3.63, 3.8) is 0 Å². The summed E-state index contributed by atoms with van der Waals surface area (Å²) >= 11 is -1.35. The monoisotopic (exact) mass is 730 g/mol. The lowest BCUT2D eigenvalue weighted by Gasteiger charge is -2.17. The minimum Gasteiger partial charge on any atom is -0.406 e. The Morgan fingerprint density at radius 3 is 1.68 bits per heavy atom. The van der Waals surface area contributed by atoms with Crippen molar-refractivity contribution in [3.8, 4) is 17.9 Å². The van der Waals surface area contributed by atoms with E-state index < -0.39 is 85.9 Å². The van der Waals surface area contributed by atoms with Gasteiger partial charge in [-0.3, -0.25) is 0 Å². The lowest BCUT2D eigenvalue weighted by Crippen LogP contribution is -2.27. The Balaban J connectivity index is 2.13. The highest BCUT2D eigenvalue weighted by atomic mass is 32.2. The number of fused-ring (bicyclic) bond motifs is 2. The summed E-state index contributed by atoms with van der Waals surface area (Å²) in [5, 5.41) is 18.9. The van der Waals surface area contributed by atoms with Crippen molar-refractivity contribution in [2.45, 2.75) is 46.9 Å². The van der Waals surface area contributed by atoms with Crippen molar-refractivity contribution >= 4 is 34.7 Å². The number of benzene rings is 3. The number of halogens is 9. The normalized spacial score (nSPS) is 14.0. The fourth-order valence-corrected chi connectivity index (χ4v) is 7.68. The van der Waals surface area contributed by atoms with Crippen LogP contribution in [-0.4, -0.2) is 17.4 Å². The zero-order chi connectivity index (χ0) is 36.8. The topological polar surface area (TPSA) is 65.5 Å². The first-order valence-electron chi connectivity index (χ1n) is 13.8. The largest absolute Gasteiger partial charge is 0.573 e. The number of nitriles is 2. The van der Waals surface area contributed by atoms with E-state index in [1.54, 1.807) is 37.3 Å². The van der Waals surface area contributed by atoms with E-state index in [1.807, 2.05) is 0 Å². The van der Waals surface area contributed by atoms with Crippen LogP contribution in [-0.2, 0) is 12.8 Å². The minimum absolute atomic E-state index is 0.0652. The summed E-state index contributed by atoms with van der Waals surface area (Å²) in [6.07, 6.45) is -6.45. The molecule has 5 rings (SSSR count). The fraction of sp³-hybridized carbons (Fsp3) is 0.176. The van der Waals surface area contributed by atoms with Crippen LogP contribution in [0.2, 0.25) is 0 Å². The van der Waals surface area contributed by atoms with Crippen LogP contribution >= 0.6 is 23.5 Å². The molecular formula is C34H15F9N4OS2. The Hall–Kier alpha value is -5.29. The molecule has 0 aromatic heterocycles. The molecule has 3 aromatic rings. The lowest BCUT2D eigenvalue weighted by atomic mass is 9.95. The van der Waals surface area contributed by atoms with Gasteiger partial charge in [0.1, 0.15) is 36.6 Å². The number of allylic oxidation sites excluding steroid dienone is 3. The molecule has 0 aliphatic heterocycles. The van der Waals surface area contributed by atoms with Gasteiger partial charge in [-0.2, -0.15) is 46.6 Å². The molecule has 50 heavy (non-hydrogen) atoms. The van der Waals surface area contributed by atoms with Crippen LogP contribution in [0.1, 0.15) is 27.8 Å². The molecule has 2 aliphatic rings. The van der Waals surface area contributed by atoms with Crippen molar-refractivity contribution in [2.24, 2.45) is 0 Å². The summed E-state index contributed by atoms with van der Waals surface area (Å²) in [7, 11) is 0. The van der Waals surface area contributed by atoms with E-state index in [2.05, 4.69) is 14.4 Å². The van der Waals surface area contributed by atoms with Crippen molar-refractivity contribution < 1.29 is 44.3 Å². The Morgan fingerprint density at radius 2 is 1.22 bits per heavy atom. The van der Waals surface area contributed by atoms with Crippen LogP contribution in [0.3, 0.4) is 0 Å². The summed E-state index contributed by atoms with van der Waals surface area (Å²) in [5.41, 5.74) is -11.8. The van der Waals surface area contributed by atoms with Gasteiger partial charge in [0.2, 0.25) is 0 Å². The molecular weight excluding hydrogens is 716 g/mol. The zero-order valence-corrected chi connectivity index (χ0v) is 26.6. The van der Waals surface area contributed by atoms with Crippen molar-refractivity contribution in [2.75, 3.05) is 0 Å². The molecule has 0 atom stereocenters. The van der Waals surface area contributed by atoms with E-state index in [0.29, 0.717) is 5.56 Å². The SMILES string of the molecule is [C-]#[N+]C([N+]#[C-])=C1Cc2c(SC(F)(F)F)c3c(c(SC(F)(F)F)c2=C1c1cccc(C)c1)CC(=C(C#N)C#N)C=3c1cccc(OC(F)(F)F)c1. The van der Waals surface area contributed by atoms with Gasteiger partial charge >= 0.3 is 23.2 Å². The maximum atomic E-state index is 14.5. The number of rotatable bonds is 5. The van der Waals surface area contributed by atoms with Gasteiger partial charge in [0.25, 0.3) is 0 Å². The summed E-state index contributed by atoms with van der Waals surface area (Å²) in [6, 6.07) is 13.3. The Labute approximate surface area is 285 Å². The van der Waals surface area contributed by atoms with E-state index in [0.717, 1.165) is 24.3 Å². The second kappa shape index (κ2) is 13.2. The van der Waals surface area contributed by atoms with Gasteiger partial charge < -0.3 is 4.74 Å². The molecule has 0 radical (unpaired) electrons. The first-order chi connectivity index (χ1) is 23.4. The minimum atomic E-state index is -5.19. The van der Waals surface area contributed by atoms with Gasteiger partial charge in [0, 0.05) is 26.6 Å². The van der Waals surface area contributed by atoms with Crippen LogP contribution in [0.15, 0.2) is 80.9 Å². The van der Waals surface area contributed by atoms with E-state index in [-0.39, 0.29) is 49.8 Å². The molecule has 2 aliphatic carbocycles. The Kier molecular flexibility index (Phi) is 9.51. The molecule has 252 valence electrons. The van der Waals surface area contributed by atoms with Crippen LogP contribution in [0.5, 0.6) is 5.75 Å². The number of alkyl halides is 9. The molecule has 5 nitrogen and oxygen atoms in total. The number of hydrogen-bond donors (Lipinski definition) is 0. The zero-order valence-electron chi connectivity index (χ0n) is 24.9. The van der Waals surface area contributed by atoms with Crippen molar-refractivity contribution in [1.82, 2.24) is 0 Å². The van der Waals surface area contributed by atoms with Gasteiger partial charge in [-0.05, 0) is 88.0 Å². The van der Waals surface area contributed by atoms with Gasteiger partial charge in [0.15, 0.2) is 0 Å². The number of aryl methyl sites for hydroxylation is 1. The molecule has 0 bridgehead atoms. The summed E-state index contributed by atoms with van der Waals surface area (Å²) in [4.78, 5) is 5.20. The maximum Gasteiger partial charge on any atom is 0.573 e. The fourth-order valence-electron chi connectivity index (χ4n) is 5.97. The molecule has 0 amide bonds. The van der Waals surface area contributed by atoms with Crippen LogP contribution in [0.25, 0.3) is 20.8 Å². The number of nitrogens with zero attached hydrogens (tertiary/aromatic N) is 4. The first-order valence-corrected chi connectivity index (χ1v) is 15.5. The third-order valence-electron chi connectivity index (χ3n) is 7.52. The highest BCUT2D eigenvalue weighted by Gasteiger charge is 2.42. The molecule has 0 N–H and O–H groups in total. The number of thioether (sulfide) groups is 2. The first kappa shape index (κ1) is 36.0. The molecule has 16 heteroatoms. The average molecular weight is 731 g/mol. The second-order valence-electron chi connectivity index (χ2n) is 10.6. The highest BCUT2D eigenvalue weighted by Crippen LogP contribution is 2.48. The highest BCUT2D eigenvalue weighted by molar-refractivity contribution is 8.00. The van der Waals surface area contributed by atoms with Gasteiger partial charge in [-0.15, -0.1) is 13.2 Å². The van der Waals surface area contributed by atoms with E-state index in [1.165, 1.54) is 6.07 Å². The third-order valence-corrected chi connectivity index (χ3v) is 9.29. The van der Waals surface area contributed by atoms with Crippen molar-refractivity contribution in [1.29, 1.82) is 10.5 Å². The molecule has 0 saturated heterocycles. The Morgan fingerprint density at radius 1 is 0.740 bits per heavy atom. The second-order valence-corrected chi connectivity index (χ2v) is 12.8. The van der Waals surface area contributed by atoms with Gasteiger partial charge in [0.05, 0.1) is 5.57 Å². The molecule has 0 saturated carbocycles. The summed E-state index contributed by atoms with van der Waals surface area (Å²) < 4.78 is 130. The third kappa shape index (κ3) is 7.18. The lowest BCUT2D eigenvalue weighted by molar-refractivity contribution is -0.274. The predicted octanol–water partition coefficient (Wildman–Crippen LogP) is 9.02. The van der Waals surface area contributed by atoms with E-state index >= 15 is 0 Å². The van der Waals surface area contributed by atoms with E-state index in [9.17, 15) is 50.0 Å². The smallest absolute Gasteiger partial charge is 0.406 e. The van der Waals surface area contributed by atoms with Gasteiger partial charge in [-0.25, -0.2) is 0 Å². The molecule has 0 unspecified atom stereocenters. The molecule has 0 heterocycles. The van der Waals surface area contributed by atoms with Crippen LogP contribution < -0.4 is 15.2 Å². The summed E-state index contributed by atoms with van der Waals surface area (Å²) in [6.45, 7) is 16.9. The number of hydrogen-bond acceptors (Lipinski definition) is 5. The van der Waals surface area contributed by atoms with Gasteiger partial charge in [-0.1, -0.05) is 42.0 Å². The van der Waals surface area contributed by atoms with Crippen molar-refractivity contribution in [3.05, 3.63) is 132 Å². The predicted molar refractivity (Wildman–Crippen MR) is 165 cm³/mol. The van der Waals surface area contributed by atoms with Crippen LogP contribution in [0, 0.1) is 42.7 Å². The quantitative estimate of drug-likeness (QED) is 0.114. The average Bonchev–Trinajstić information content (AvgIpc) is 3.59. The number of ether oxygens (including phenoxy) is 1. The molecule has 3 aromatic carbocycles.